The monoisotopic (exact) mass is 392 g/mol. The molecule has 29 heavy (non-hydrogen) atoms. The molecule has 3 heterocycles. The first kappa shape index (κ1) is 18.2. The van der Waals surface area contributed by atoms with Crippen LogP contribution in [0.15, 0.2) is 56.8 Å². The van der Waals surface area contributed by atoms with Gasteiger partial charge in [-0.2, -0.15) is 5.16 Å². The number of carboxylic acid groups (broad SMARTS) is 1. The summed E-state index contributed by atoms with van der Waals surface area (Å²) in [4.78, 5) is 40.0. The second-order valence-corrected chi connectivity index (χ2v) is 6.26. The molecule has 0 aliphatic rings. The van der Waals surface area contributed by atoms with Crippen LogP contribution >= 0.6 is 0 Å². The predicted octanol–water partition coefficient (Wildman–Crippen LogP) is 1.64. The van der Waals surface area contributed by atoms with Crippen LogP contribution in [0.2, 0.25) is 0 Å². The van der Waals surface area contributed by atoms with Gasteiger partial charge in [0.1, 0.15) is 0 Å². The Bertz CT molecular complexity index is 1520. The van der Waals surface area contributed by atoms with E-state index in [1.165, 1.54) is 6.07 Å². The minimum absolute atomic E-state index is 0.222. The van der Waals surface area contributed by atoms with Gasteiger partial charge in [0.25, 0.3) is 11.1 Å². The van der Waals surface area contributed by atoms with E-state index in [0.29, 0.717) is 11.4 Å². The van der Waals surface area contributed by atoms with E-state index in [1.807, 2.05) is 24.3 Å². The van der Waals surface area contributed by atoms with Crippen LogP contribution in [0.1, 0.15) is 19.1 Å². The Hall–Kier alpha value is -4.14. The molecule has 0 bridgehead atoms. The van der Waals surface area contributed by atoms with Crippen molar-refractivity contribution in [3.63, 3.8) is 0 Å². The summed E-state index contributed by atoms with van der Waals surface area (Å²) in [6.45, 7) is 1.60. The van der Waals surface area contributed by atoms with Crippen LogP contribution in [0, 0.1) is 0 Å². The molecule has 0 saturated carbocycles. The molecule has 0 fully saturated rings. The van der Waals surface area contributed by atoms with E-state index in [-0.39, 0.29) is 17.5 Å². The van der Waals surface area contributed by atoms with Crippen LogP contribution in [-0.4, -0.2) is 30.6 Å². The zero-order valence-corrected chi connectivity index (χ0v) is 15.3. The number of hydrogen-bond donors (Lipinski definition) is 3. The molecule has 3 N–H and O–H groups in total. The summed E-state index contributed by atoms with van der Waals surface area (Å²) in [5, 5.41) is 12.7. The summed E-state index contributed by atoms with van der Waals surface area (Å²) in [6, 6.07) is 9.13. The highest BCUT2D eigenvalue weighted by atomic mass is 16.5. The molecule has 9 nitrogen and oxygen atoms in total. The zero-order valence-electron chi connectivity index (χ0n) is 15.3. The lowest BCUT2D eigenvalue weighted by Crippen LogP contribution is -2.13. The number of aromatic amines is 2. The largest absolute Gasteiger partial charge is 0.481 e. The molecule has 0 unspecified atom stereocenters. The van der Waals surface area contributed by atoms with E-state index >= 15 is 0 Å². The Labute approximate surface area is 161 Å². The second-order valence-electron chi connectivity index (χ2n) is 6.26. The van der Waals surface area contributed by atoms with Gasteiger partial charge in [-0.15, -0.1) is 0 Å². The van der Waals surface area contributed by atoms with Crippen molar-refractivity contribution in [2.24, 2.45) is 0 Å². The van der Waals surface area contributed by atoms with Gasteiger partial charge >= 0.3 is 5.97 Å². The van der Waals surface area contributed by atoms with Crippen LogP contribution in [0.25, 0.3) is 33.5 Å². The Morgan fingerprint density at radius 1 is 1.28 bits per heavy atom. The number of carbonyl (C=O) groups is 1. The van der Waals surface area contributed by atoms with Crippen molar-refractivity contribution in [1.29, 1.82) is 0 Å². The maximum Gasteiger partial charge on any atom is 0.303 e. The Balaban J connectivity index is 0.000000369. The van der Waals surface area contributed by atoms with Crippen LogP contribution in [-0.2, 0) is 4.79 Å². The van der Waals surface area contributed by atoms with Crippen molar-refractivity contribution in [3.05, 3.63) is 74.4 Å². The van der Waals surface area contributed by atoms with Crippen LogP contribution in [0.3, 0.4) is 0 Å². The smallest absolute Gasteiger partial charge is 0.303 e. The highest BCUT2D eigenvalue weighted by Gasteiger charge is 2.14. The standard InChI is InChI=1S/C17H10N4O3.C3H6O2/c22-13-8-9(24-20-13)7-12-10-3-1-2-4-11(10)14-15(12)21-6-5-18-16(21)17(23)19-14;1-2-3(4)5/h1-8H,(H,19,23)(H,20,22);2H2,1H3,(H,4,5). The van der Waals surface area contributed by atoms with Crippen molar-refractivity contribution in [2.75, 3.05) is 0 Å². The fourth-order valence-corrected chi connectivity index (χ4v) is 3.18. The third-order valence-electron chi connectivity index (χ3n) is 4.43. The molecule has 9 heteroatoms. The number of H-pyrrole nitrogens is 2. The number of aliphatic carboxylic acids is 1. The first-order chi connectivity index (χ1) is 14.0. The molecule has 5 aromatic rings. The van der Waals surface area contributed by atoms with Gasteiger partial charge in [-0.05, 0) is 11.5 Å². The summed E-state index contributed by atoms with van der Waals surface area (Å²) in [5.74, 6) is -0.331. The quantitative estimate of drug-likeness (QED) is 0.418. The molecule has 0 saturated heterocycles. The van der Waals surface area contributed by atoms with Gasteiger partial charge in [0.15, 0.2) is 5.76 Å². The lowest BCUT2D eigenvalue weighted by Gasteiger charge is -1.97. The van der Waals surface area contributed by atoms with Crippen LogP contribution < -0.4 is 16.3 Å². The van der Waals surface area contributed by atoms with Crippen LogP contribution in [0.5, 0.6) is 0 Å². The number of hydrogen-bond acceptors (Lipinski definition) is 5. The topological polar surface area (TPSA) is 133 Å². The number of fused-ring (bicyclic) bond motifs is 5. The number of aromatic nitrogens is 4. The Kier molecular flexibility index (Phi) is 4.47. The average Bonchev–Trinajstić information content (AvgIpc) is 3.42. The third kappa shape index (κ3) is 3.18. The number of imidazole rings is 1. The van der Waals surface area contributed by atoms with Crippen molar-refractivity contribution in [1.82, 2.24) is 19.5 Å². The summed E-state index contributed by atoms with van der Waals surface area (Å²) < 4.78 is 6.92. The van der Waals surface area contributed by atoms with Gasteiger partial charge < -0.3 is 14.6 Å². The number of nitrogens with zero attached hydrogens (tertiary/aromatic N) is 2. The summed E-state index contributed by atoms with van der Waals surface area (Å²) in [5.41, 5.74) is 1.31. The van der Waals surface area contributed by atoms with E-state index in [0.717, 1.165) is 27.0 Å². The molecular formula is C20H16N4O5. The zero-order chi connectivity index (χ0) is 20.5. The first-order valence-corrected chi connectivity index (χ1v) is 8.81. The second kappa shape index (κ2) is 7.12. The van der Waals surface area contributed by atoms with Crippen molar-refractivity contribution in [2.45, 2.75) is 13.3 Å². The summed E-state index contributed by atoms with van der Waals surface area (Å²) >= 11 is 0. The SMILES string of the molecule is CCC(=O)O.O=c1cc(C=c2c3ccccc3c3[nH]c(=O)c4nccn4c23)o[nH]1. The van der Waals surface area contributed by atoms with E-state index in [2.05, 4.69) is 15.1 Å². The molecule has 0 aliphatic carbocycles. The molecule has 146 valence electrons. The Morgan fingerprint density at radius 2 is 2.00 bits per heavy atom. The summed E-state index contributed by atoms with van der Waals surface area (Å²) in [6.07, 6.45) is 5.33. The average molecular weight is 392 g/mol. The van der Waals surface area contributed by atoms with Gasteiger partial charge in [0.05, 0.1) is 17.1 Å². The van der Waals surface area contributed by atoms with E-state index in [1.54, 1.807) is 29.8 Å². The first-order valence-electron chi connectivity index (χ1n) is 8.81. The minimum atomic E-state index is -0.745. The molecule has 0 amide bonds. The van der Waals surface area contributed by atoms with Crippen molar-refractivity contribution in [3.8, 4) is 0 Å². The summed E-state index contributed by atoms with van der Waals surface area (Å²) in [7, 11) is 0. The lowest BCUT2D eigenvalue weighted by atomic mass is 10.2. The third-order valence-corrected chi connectivity index (χ3v) is 4.43. The molecule has 0 aliphatic heterocycles. The van der Waals surface area contributed by atoms with E-state index < -0.39 is 5.97 Å². The fraction of sp³-hybridized carbons (Fsp3) is 0.100. The molecule has 0 atom stereocenters. The molecule has 0 spiro atoms. The predicted molar refractivity (Wildman–Crippen MR) is 107 cm³/mol. The fourth-order valence-electron chi connectivity index (χ4n) is 3.18. The highest BCUT2D eigenvalue weighted by Crippen LogP contribution is 2.22. The van der Waals surface area contributed by atoms with Crippen LogP contribution in [0.4, 0.5) is 0 Å². The Morgan fingerprint density at radius 3 is 2.66 bits per heavy atom. The van der Waals surface area contributed by atoms with Gasteiger partial charge in [-0.25, -0.2) is 4.98 Å². The maximum atomic E-state index is 12.3. The van der Waals surface area contributed by atoms with Crippen molar-refractivity contribution >= 4 is 39.5 Å². The lowest BCUT2D eigenvalue weighted by molar-refractivity contribution is -0.136. The molecular weight excluding hydrogens is 376 g/mol. The van der Waals surface area contributed by atoms with Gasteiger partial charge in [-0.1, -0.05) is 31.2 Å². The van der Waals surface area contributed by atoms with Gasteiger partial charge in [-0.3, -0.25) is 18.8 Å². The molecule has 2 aromatic carbocycles. The molecule has 3 aromatic heterocycles. The van der Waals surface area contributed by atoms with E-state index in [9.17, 15) is 14.4 Å². The highest BCUT2D eigenvalue weighted by molar-refractivity contribution is 6.09. The molecule has 0 radical (unpaired) electrons. The van der Waals surface area contributed by atoms with Crippen molar-refractivity contribution < 1.29 is 14.4 Å². The maximum absolute atomic E-state index is 12.3. The minimum Gasteiger partial charge on any atom is -0.481 e. The number of carboxylic acids is 1. The molecule has 5 rings (SSSR count). The van der Waals surface area contributed by atoms with Gasteiger partial charge in [0, 0.05) is 29.4 Å². The normalized spacial score (nSPS) is 11.8. The number of nitrogens with one attached hydrogen (secondary N) is 2. The van der Waals surface area contributed by atoms with E-state index in [4.69, 9.17) is 9.63 Å². The number of rotatable bonds is 2. The number of benzene rings is 1. The van der Waals surface area contributed by atoms with Gasteiger partial charge in [0.2, 0.25) is 5.65 Å².